The summed E-state index contributed by atoms with van der Waals surface area (Å²) in [6.45, 7) is 6.02. The van der Waals surface area contributed by atoms with Crippen LogP contribution in [0.4, 0.5) is 4.39 Å². The van der Waals surface area contributed by atoms with E-state index in [1.165, 1.54) is 6.07 Å². The van der Waals surface area contributed by atoms with Crippen molar-refractivity contribution in [3.8, 4) is 11.4 Å². The van der Waals surface area contributed by atoms with Gasteiger partial charge in [-0.05, 0) is 60.9 Å². The smallest absolute Gasteiger partial charge is 0.126 e. The Balaban J connectivity index is 2.33. The summed E-state index contributed by atoms with van der Waals surface area (Å²) in [5, 5.41) is 10.6. The average molecular weight is 283 g/mol. The zero-order chi connectivity index (χ0) is 15.1. The van der Waals surface area contributed by atoms with Crippen LogP contribution >= 0.6 is 0 Å². The molecule has 1 aromatic heterocycles. The van der Waals surface area contributed by atoms with Gasteiger partial charge in [0.15, 0.2) is 0 Å². The lowest BCUT2D eigenvalue weighted by atomic mass is 10.1. The van der Waals surface area contributed by atoms with Crippen LogP contribution in [0.5, 0.6) is 5.75 Å². The summed E-state index contributed by atoms with van der Waals surface area (Å²) in [6, 6.07) is 12.6. The molecule has 2 nitrogen and oxygen atoms in total. The molecule has 0 amide bonds. The molecule has 0 spiro atoms. The van der Waals surface area contributed by atoms with E-state index in [0.717, 1.165) is 22.3 Å². The van der Waals surface area contributed by atoms with Gasteiger partial charge in [-0.1, -0.05) is 13.8 Å². The number of halogens is 1. The second kappa shape index (κ2) is 4.92. The first kappa shape index (κ1) is 13.7. The Morgan fingerprint density at radius 3 is 2.48 bits per heavy atom. The first-order chi connectivity index (χ1) is 9.97. The van der Waals surface area contributed by atoms with Gasteiger partial charge in [0.1, 0.15) is 11.6 Å². The topological polar surface area (TPSA) is 25.2 Å². The van der Waals surface area contributed by atoms with Gasteiger partial charge in [0.05, 0.1) is 5.52 Å². The largest absolute Gasteiger partial charge is 0.508 e. The fourth-order valence-corrected chi connectivity index (χ4v) is 2.71. The number of benzene rings is 2. The molecule has 0 unspecified atom stereocenters. The highest BCUT2D eigenvalue weighted by Crippen LogP contribution is 2.31. The van der Waals surface area contributed by atoms with Crippen molar-refractivity contribution in [2.24, 2.45) is 0 Å². The van der Waals surface area contributed by atoms with Gasteiger partial charge in [0.25, 0.3) is 0 Å². The van der Waals surface area contributed by atoms with Crippen molar-refractivity contribution in [3.05, 3.63) is 59.5 Å². The van der Waals surface area contributed by atoms with Crippen molar-refractivity contribution in [3.63, 3.8) is 0 Å². The molecule has 0 atom stereocenters. The lowest BCUT2D eigenvalue weighted by Crippen LogP contribution is -2.02. The molecule has 3 aromatic rings. The van der Waals surface area contributed by atoms with Crippen molar-refractivity contribution in [1.82, 2.24) is 4.57 Å². The number of rotatable bonds is 2. The number of hydrogen-bond acceptors (Lipinski definition) is 1. The molecule has 0 saturated heterocycles. The number of aromatic nitrogens is 1. The number of aromatic hydroxyl groups is 1. The van der Waals surface area contributed by atoms with Crippen LogP contribution in [0.2, 0.25) is 0 Å². The molecule has 1 N–H and O–H groups in total. The van der Waals surface area contributed by atoms with Crippen molar-refractivity contribution >= 4 is 10.9 Å². The molecule has 1 heterocycles. The highest BCUT2D eigenvalue weighted by Gasteiger charge is 2.14. The monoisotopic (exact) mass is 283 g/mol. The van der Waals surface area contributed by atoms with Gasteiger partial charge in [-0.3, -0.25) is 0 Å². The average Bonchev–Trinajstić information content (AvgIpc) is 2.80. The Bertz CT molecular complexity index is 817. The van der Waals surface area contributed by atoms with E-state index in [0.29, 0.717) is 11.5 Å². The first-order valence-electron chi connectivity index (χ1n) is 7.08. The Kier molecular flexibility index (Phi) is 3.20. The van der Waals surface area contributed by atoms with Crippen molar-refractivity contribution in [1.29, 1.82) is 0 Å². The van der Waals surface area contributed by atoms with E-state index in [4.69, 9.17) is 0 Å². The van der Waals surface area contributed by atoms with Crippen LogP contribution in [-0.4, -0.2) is 9.67 Å². The number of hydrogen-bond donors (Lipinski definition) is 1. The van der Waals surface area contributed by atoms with E-state index in [9.17, 15) is 9.50 Å². The molecular formula is C18H18FNO. The number of fused-ring (bicyclic) bond motifs is 1. The van der Waals surface area contributed by atoms with Crippen molar-refractivity contribution in [2.75, 3.05) is 0 Å². The van der Waals surface area contributed by atoms with Gasteiger partial charge >= 0.3 is 0 Å². The molecule has 0 radical (unpaired) electrons. The molecule has 108 valence electrons. The van der Waals surface area contributed by atoms with Crippen LogP contribution in [0.15, 0.2) is 42.5 Å². The Morgan fingerprint density at radius 1 is 1.05 bits per heavy atom. The molecule has 0 aliphatic rings. The summed E-state index contributed by atoms with van der Waals surface area (Å²) in [4.78, 5) is 0. The number of phenols is 1. The lowest BCUT2D eigenvalue weighted by Gasteiger charge is -2.14. The summed E-state index contributed by atoms with van der Waals surface area (Å²) in [5.74, 6) is 0.383. The maximum Gasteiger partial charge on any atom is 0.126 e. The molecule has 3 heteroatoms. The minimum atomic E-state index is -0.195. The predicted octanol–water partition coefficient (Wildman–Crippen LogP) is 4.91. The minimum Gasteiger partial charge on any atom is -0.508 e. The van der Waals surface area contributed by atoms with Crippen molar-refractivity contribution < 1.29 is 9.50 Å². The maximum atomic E-state index is 13.5. The molecule has 0 saturated carbocycles. The first-order valence-corrected chi connectivity index (χ1v) is 7.08. The van der Waals surface area contributed by atoms with Crippen LogP contribution in [0.1, 0.15) is 31.0 Å². The zero-order valence-electron chi connectivity index (χ0n) is 12.4. The Morgan fingerprint density at radius 2 is 1.81 bits per heavy atom. The third kappa shape index (κ3) is 2.29. The van der Waals surface area contributed by atoms with Crippen LogP contribution in [0.3, 0.4) is 0 Å². The molecular weight excluding hydrogens is 265 g/mol. The van der Waals surface area contributed by atoms with Crippen LogP contribution < -0.4 is 0 Å². The van der Waals surface area contributed by atoms with E-state index in [1.54, 1.807) is 25.1 Å². The molecule has 0 fully saturated rings. The number of phenolic OH excluding ortho intramolecular Hbond substituents is 1. The van der Waals surface area contributed by atoms with Crippen LogP contribution in [0.25, 0.3) is 16.6 Å². The second-order valence-electron chi connectivity index (χ2n) is 5.74. The molecule has 0 aliphatic heterocycles. The van der Waals surface area contributed by atoms with Gasteiger partial charge in [0.2, 0.25) is 0 Å². The Labute approximate surface area is 123 Å². The highest BCUT2D eigenvalue weighted by atomic mass is 19.1. The quantitative estimate of drug-likeness (QED) is 0.710. The van der Waals surface area contributed by atoms with Crippen LogP contribution in [0, 0.1) is 12.7 Å². The van der Waals surface area contributed by atoms with Gasteiger partial charge < -0.3 is 9.67 Å². The number of nitrogens with zero attached hydrogens (tertiary/aromatic N) is 1. The highest BCUT2D eigenvalue weighted by molar-refractivity contribution is 5.85. The van der Waals surface area contributed by atoms with E-state index in [-0.39, 0.29) is 11.6 Å². The summed E-state index contributed by atoms with van der Waals surface area (Å²) in [5.41, 5.74) is 3.73. The van der Waals surface area contributed by atoms with Gasteiger partial charge in [-0.2, -0.15) is 0 Å². The normalized spacial score (nSPS) is 11.5. The summed E-state index contributed by atoms with van der Waals surface area (Å²) < 4.78 is 15.7. The Hall–Kier alpha value is -2.29. The third-order valence-corrected chi connectivity index (χ3v) is 3.80. The minimum absolute atomic E-state index is 0.195. The van der Waals surface area contributed by atoms with E-state index < -0.39 is 0 Å². The molecule has 21 heavy (non-hydrogen) atoms. The predicted molar refractivity (Wildman–Crippen MR) is 83.7 cm³/mol. The standard InChI is InChI=1S/C18H18FNO/c1-11(2)18-10-13-9-15(21)5-7-17(13)20(18)14-4-6-16(19)12(3)8-14/h4-11,21H,1-3H3. The summed E-state index contributed by atoms with van der Waals surface area (Å²) in [7, 11) is 0. The van der Waals surface area contributed by atoms with E-state index in [2.05, 4.69) is 24.5 Å². The lowest BCUT2D eigenvalue weighted by molar-refractivity contribution is 0.476. The maximum absolute atomic E-state index is 13.5. The van der Waals surface area contributed by atoms with E-state index in [1.807, 2.05) is 12.1 Å². The van der Waals surface area contributed by atoms with Crippen molar-refractivity contribution in [2.45, 2.75) is 26.7 Å². The molecule has 3 rings (SSSR count). The van der Waals surface area contributed by atoms with Gasteiger partial charge in [-0.25, -0.2) is 4.39 Å². The van der Waals surface area contributed by atoms with Crippen LogP contribution in [-0.2, 0) is 0 Å². The fraction of sp³-hybridized carbons (Fsp3) is 0.222. The molecule has 0 bridgehead atoms. The van der Waals surface area contributed by atoms with E-state index >= 15 is 0 Å². The SMILES string of the molecule is Cc1cc(-n2c(C(C)C)cc3cc(O)ccc32)ccc1F. The van der Waals surface area contributed by atoms with Gasteiger partial charge in [-0.15, -0.1) is 0 Å². The fourth-order valence-electron chi connectivity index (χ4n) is 2.71. The summed E-state index contributed by atoms with van der Waals surface area (Å²) >= 11 is 0. The number of aryl methyl sites for hydroxylation is 1. The van der Waals surface area contributed by atoms with Gasteiger partial charge in [0, 0.05) is 16.8 Å². The zero-order valence-corrected chi connectivity index (χ0v) is 12.4. The second-order valence-corrected chi connectivity index (χ2v) is 5.74. The third-order valence-electron chi connectivity index (χ3n) is 3.80. The molecule has 0 aliphatic carbocycles. The summed E-state index contributed by atoms with van der Waals surface area (Å²) in [6.07, 6.45) is 0. The molecule has 2 aromatic carbocycles.